The van der Waals surface area contributed by atoms with Crippen LogP contribution in [0.5, 0.6) is 23.0 Å². The highest BCUT2D eigenvalue weighted by Crippen LogP contribution is 2.47. The fourth-order valence-electron chi connectivity index (χ4n) is 5.32. The summed E-state index contributed by atoms with van der Waals surface area (Å²) in [5, 5.41) is 0. The first-order chi connectivity index (χ1) is 22.4. The Kier molecular flexibility index (Phi) is 8.61. The fraction of sp³-hybridized carbons (Fsp3) is 0.158. The summed E-state index contributed by atoms with van der Waals surface area (Å²) < 4.78 is 23.6. The van der Waals surface area contributed by atoms with Gasteiger partial charge in [0, 0.05) is 58.2 Å². The maximum absolute atomic E-state index is 5.92. The molecule has 46 heavy (non-hydrogen) atoms. The van der Waals surface area contributed by atoms with Crippen molar-refractivity contribution < 1.29 is 18.9 Å². The summed E-state index contributed by atoms with van der Waals surface area (Å²) in [6.07, 6.45) is 7.31. The lowest BCUT2D eigenvalue weighted by Crippen LogP contribution is -1.98. The lowest BCUT2D eigenvalue weighted by atomic mass is 9.95. The maximum Gasteiger partial charge on any atom is 0.127 e. The molecule has 0 spiro atoms. The first kappa shape index (κ1) is 30.3. The van der Waals surface area contributed by atoms with Crippen molar-refractivity contribution in [3.63, 3.8) is 0 Å². The molecule has 0 saturated heterocycles. The van der Waals surface area contributed by atoms with Crippen molar-refractivity contribution in [2.24, 2.45) is 0 Å². The minimum absolute atomic E-state index is 0.643. The van der Waals surface area contributed by atoms with Gasteiger partial charge in [0.2, 0.25) is 0 Å². The number of hydrogen-bond acceptors (Lipinski definition) is 8. The van der Waals surface area contributed by atoms with Crippen LogP contribution in [0.3, 0.4) is 0 Å². The Balaban J connectivity index is 1.38. The molecule has 0 saturated carbocycles. The van der Waals surface area contributed by atoms with E-state index in [4.69, 9.17) is 18.9 Å². The van der Waals surface area contributed by atoms with Crippen LogP contribution in [-0.2, 0) is 0 Å². The van der Waals surface area contributed by atoms with Crippen LogP contribution < -0.4 is 18.9 Å². The van der Waals surface area contributed by atoms with Crippen molar-refractivity contribution in [2.45, 2.75) is 13.8 Å². The van der Waals surface area contributed by atoms with E-state index in [1.54, 1.807) is 28.4 Å². The Hall–Kier alpha value is -5.76. The molecule has 0 aliphatic carbocycles. The van der Waals surface area contributed by atoms with Crippen molar-refractivity contribution in [1.29, 1.82) is 0 Å². The van der Waals surface area contributed by atoms with Crippen LogP contribution in [0.4, 0.5) is 0 Å². The molecule has 0 unspecified atom stereocenters. The van der Waals surface area contributed by atoms with E-state index >= 15 is 0 Å². The molecule has 0 atom stereocenters. The topological polar surface area (TPSA) is 88.5 Å². The molecule has 8 nitrogen and oxygen atoms in total. The zero-order valence-corrected chi connectivity index (χ0v) is 26.7. The van der Waals surface area contributed by atoms with Gasteiger partial charge >= 0.3 is 0 Å². The van der Waals surface area contributed by atoms with Crippen molar-refractivity contribution in [3.8, 4) is 79.2 Å². The number of aromatic nitrogens is 4. The molecule has 6 rings (SSSR count). The molecule has 0 aliphatic rings. The fourth-order valence-corrected chi connectivity index (χ4v) is 5.32. The standard InChI is InChI=1S/C38H34N4O4/c1-23-7-11-31(39-19-23)33-13-9-25(21-41-33)27-15-37(45-5)29(17-35(27)43-3)30-18-36(44-4)28(16-38(30)46-6)26-10-14-34(42-22-26)32-12-8-24(2)20-40-32/h7-22H,1-6H3. The molecule has 4 heterocycles. The summed E-state index contributed by atoms with van der Waals surface area (Å²) in [5.41, 5.74) is 10.4. The largest absolute Gasteiger partial charge is 0.496 e. The van der Waals surface area contributed by atoms with E-state index in [0.717, 1.165) is 67.3 Å². The first-order valence-corrected chi connectivity index (χ1v) is 14.7. The van der Waals surface area contributed by atoms with Gasteiger partial charge in [-0.05, 0) is 73.5 Å². The summed E-state index contributed by atoms with van der Waals surface area (Å²) in [4.78, 5) is 18.3. The van der Waals surface area contributed by atoms with Gasteiger partial charge in [0.05, 0.1) is 51.2 Å². The normalized spacial score (nSPS) is 10.8. The maximum atomic E-state index is 5.92. The van der Waals surface area contributed by atoms with Crippen LogP contribution in [0, 0.1) is 13.8 Å². The molecule has 0 radical (unpaired) electrons. The van der Waals surface area contributed by atoms with E-state index in [1.807, 2.05) is 111 Å². The Morgan fingerprint density at radius 1 is 0.370 bits per heavy atom. The van der Waals surface area contributed by atoms with Crippen LogP contribution >= 0.6 is 0 Å². The third-order valence-corrected chi connectivity index (χ3v) is 7.83. The van der Waals surface area contributed by atoms with Crippen LogP contribution in [0.2, 0.25) is 0 Å². The second kappa shape index (κ2) is 13.1. The molecule has 0 bridgehead atoms. The van der Waals surface area contributed by atoms with Gasteiger partial charge in [-0.1, -0.05) is 24.3 Å². The second-order valence-electron chi connectivity index (χ2n) is 10.8. The molecule has 4 aromatic heterocycles. The van der Waals surface area contributed by atoms with Gasteiger partial charge < -0.3 is 18.9 Å². The van der Waals surface area contributed by atoms with E-state index < -0.39 is 0 Å². The Morgan fingerprint density at radius 3 is 0.957 bits per heavy atom. The Morgan fingerprint density at radius 2 is 0.674 bits per heavy atom. The number of methoxy groups -OCH3 is 4. The zero-order chi connectivity index (χ0) is 32.2. The lowest BCUT2D eigenvalue weighted by Gasteiger charge is -2.19. The van der Waals surface area contributed by atoms with Gasteiger partial charge in [0.15, 0.2) is 0 Å². The number of nitrogens with zero attached hydrogens (tertiary/aromatic N) is 4. The average molecular weight is 611 g/mol. The summed E-state index contributed by atoms with van der Waals surface area (Å²) >= 11 is 0. The smallest absolute Gasteiger partial charge is 0.127 e. The molecule has 0 N–H and O–H groups in total. The second-order valence-corrected chi connectivity index (χ2v) is 10.8. The number of hydrogen-bond donors (Lipinski definition) is 0. The summed E-state index contributed by atoms with van der Waals surface area (Å²) in [5.74, 6) is 2.61. The number of pyridine rings is 4. The average Bonchev–Trinajstić information content (AvgIpc) is 3.11. The van der Waals surface area contributed by atoms with Crippen LogP contribution in [0.1, 0.15) is 11.1 Å². The van der Waals surface area contributed by atoms with Gasteiger partial charge in [0.1, 0.15) is 23.0 Å². The van der Waals surface area contributed by atoms with Gasteiger partial charge in [-0.3, -0.25) is 19.9 Å². The highest BCUT2D eigenvalue weighted by Gasteiger charge is 2.21. The third kappa shape index (κ3) is 5.97. The minimum Gasteiger partial charge on any atom is -0.496 e. The molecule has 0 amide bonds. The highest BCUT2D eigenvalue weighted by molar-refractivity contribution is 5.87. The van der Waals surface area contributed by atoms with E-state index in [-0.39, 0.29) is 0 Å². The van der Waals surface area contributed by atoms with Gasteiger partial charge in [-0.2, -0.15) is 0 Å². The van der Waals surface area contributed by atoms with E-state index in [1.165, 1.54) is 0 Å². The zero-order valence-electron chi connectivity index (χ0n) is 26.7. The Bertz CT molecular complexity index is 1830. The van der Waals surface area contributed by atoms with Crippen LogP contribution in [0.25, 0.3) is 56.2 Å². The monoisotopic (exact) mass is 610 g/mol. The van der Waals surface area contributed by atoms with E-state index in [9.17, 15) is 0 Å². The predicted molar refractivity (Wildman–Crippen MR) is 180 cm³/mol. The number of aryl methyl sites for hydroxylation is 2. The van der Waals surface area contributed by atoms with Crippen molar-refractivity contribution in [2.75, 3.05) is 28.4 Å². The number of ether oxygens (including phenoxy) is 4. The third-order valence-electron chi connectivity index (χ3n) is 7.83. The molecule has 2 aromatic carbocycles. The van der Waals surface area contributed by atoms with Gasteiger partial charge in [-0.15, -0.1) is 0 Å². The van der Waals surface area contributed by atoms with Crippen LogP contribution in [0.15, 0.2) is 97.6 Å². The quantitative estimate of drug-likeness (QED) is 0.162. The molecule has 0 aliphatic heterocycles. The molecule has 230 valence electrons. The SMILES string of the molecule is COc1cc(-c2cc(OC)c(-c3ccc(-c4ccc(C)cn4)nc3)cc2OC)c(OC)cc1-c1ccc(-c2ccc(C)cn2)nc1. The molecule has 0 fully saturated rings. The molecule has 6 aromatic rings. The molecular weight excluding hydrogens is 576 g/mol. The van der Waals surface area contributed by atoms with Crippen molar-refractivity contribution in [3.05, 3.63) is 109 Å². The minimum atomic E-state index is 0.643. The predicted octanol–water partition coefficient (Wildman–Crippen LogP) is 8.25. The number of benzene rings is 2. The molecular formula is C38H34N4O4. The van der Waals surface area contributed by atoms with Crippen molar-refractivity contribution >= 4 is 0 Å². The number of rotatable bonds is 9. The summed E-state index contributed by atoms with van der Waals surface area (Å²) in [6.45, 7) is 4.02. The van der Waals surface area contributed by atoms with Gasteiger partial charge in [-0.25, -0.2) is 0 Å². The van der Waals surface area contributed by atoms with E-state index in [0.29, 0.717) is 23.0 Å². The summed E-state index contributed by atoms with van der Waals surface area (Å²) in [7, 11) is 6.59. The van der Waals surface area contributed by atoms with Crippen molar-refractivity contribution in [1.82, 2.24) is 19.9 Å². The lowest BCUT2D eigenvalue weighted by molar-refractivity contribution is 0.400. The van der Waals surface area contributed by atoms with E-state index in [2.05, 4.69) is 19.9 Å². The Labute approximate surface area is 268 Å². The first-order valence-electron chi connectivity index (χ1n) is 14.7. The van der Waals surface area contributed by atoms with Crippen LogP contribution in [-0.4, -0.2) is 48.4 Å². The highest BCUT2D eigenvalue weighted by atomic mass is 16.5. The molecule has 8 heteroatoms. The summed E-state index contributed by atoms with van der Waals surface area (Å²) in [6, 6.07) is 23.7. The van der Waals surface area contributed by atoms with Gasteiger partial charge in [0.25, 0.3) is 0 Å².